The summed E-state index contributed by atoms with van der Waals surface area (Å²) in [7, 11) is 0. The molecule has 32 heavy (non-hydrogen) atoms. The van der Waals surface area contributed by atoms with Crippen LogP contribution < -0.4 is 10.5 Å². The standard InChI is InChI=1S/C24H27N3O5/c1-4-14-27(15-21(28)31-5-2)23(29)16(3)17-6-8-19(9-7-17)24(30)32-20-12-10-18(11-13-20)22(25)26/h4,6-13,16H,1,5,14-15H2,2-3H3,(H3,25,26). The highest BCUT2D eigenvalue weighted by Gasteiger charge is 2.24. The molecule has 2 aromatic rings. The first-order valence-electron chi connectivity index (χ1n) is 10.1. The van der Waals surface area contributed by atoms with Crippen molar-refractivity contribution in [2.24, 2.45) is 5.73 Å². The van der Waals surface area contributed by atoms with Crippen LogP contribution in [0.3, 0.4) is 0 Å². The van der Waals surface area contributed by atoms with E-state index in [1.165, 1.54) is 4.90 Å². The maximum absolute atomic E-state index is 12.9. The molecule has 0 aliphatic carbocycles. The quantitative estimate of drug-likeness (QED) is 0.194. The SMILES string of the molecule is C=CCN(CC(=O)OCC)C(=O)C(C)c1ccc(C(=O)Oc2ccc(C(=N)N)cc2)cc1. The molecule has 1 atom stereocenters. The molecule has 0 aliphatic rings. The third-order valence-corrected chi connectivity index (χ3v) is 4.68. The fraction of sp³-hybridized carbons (Fsp3) is 0.250. The van der Waals surface area contributed by atoms with Crippen LogP contribution in [0.2, 0.25) is 0 Å². The number of amidine groups is 1. The molecule has 0 heterocycles. The molecule has 2 aromatic carbocycles. The van der Waals surface area contributed by atoms with Gasteiger partial charge in [-0.25, -0.2) is 4.79 Å². The summed E-state index contributed by atoms with van der Waals surface area (Å²) in [5.41, 5.74) is 6.95. The predicted molar refractivity (Wildman–Crippen MR) is 121 cm³/mol. The van der Waals surface area contributed by atoms with Gasteiger partial charge >= 0.3 is 11.9 Å². The third kappa shape index (κ3) is 6.53. The molecule has 0 aromatic heterocycles. The first kappa shape index (κ1) is 24.3. The second kappa shape index (κ2) is 11.5. The van der Waals surface area contributed by atoms with Crippen LogP contribution in [0.5, 0.6) is 5.75 Å². The summed E-state index contributed by atoms with van der Waals surface area (Å²) >= 11 is 0. The normalized spacial score (nSPS) is 11.2. The zero-order valence-corrected chi connectivity index (χ0v) is 18.2. The Kier molecular flexibility index (Phi) is 8.71. The van der Waals surface area contributed by atoms with E-state index in [0.29, 0.717) is 22.4 Å². The highest BCUT2D eigenvalue weighted by atomic mass is 16.5. The molecule has 0 radical (unpaired) electrons. The van der Waals surface area contributed by atoms with Crippen LogP contribution in [-0.2, 0) is 14.3 Å². The van der Waals surface area contributed by atoms with E-state index in [1.54, 1.807) is 68.5 Å². The topological polar surface area (TPSA) is 123 Å². The summed E-state index contributed by atoms with van der Waals surface area (Å²) in [6.07, 6.45) is 1.55. The number of benzene rings is 2. The number of ether oxygens (including phenoxy) is 2. The molecule has 0 saturated carbocycles. The van der Waals surface area contributed by atoms with Crippen molar-refractivity contribution in [2.45, 2.75) is 19.8 Å². The average Bonchev–Trinajstić information content (AvgIpc) is 2.78. The first-order chi connectivity index (χ1) is 15.3. The summed E-state index contributed by atoms with van der Waals surface area (Å²) in [6, 6.07) is 12.8. The van der Waals surface area contributed by atoms with E-state index < -0.39 is 17.9 Å². The van der Waals surface area contributed by atoms with E-state index in [4.69, 9.17) is 20.6 Å². The van der Waals surface area contributed by atoms with Crippen molar-refractivity contribution in [1.29, 1.82) is 5.41 Å². The van der Waals surface area contributed by atoms with Crippen LogP contribution in [0.15, 0.2) is 61.2 Å². The number of hydrogen-bond acceptors (Lipinski definition) is 6. The average molecular weight is 437 g/mol. The van der Waals surface area contributed by atoms with Gasteiger partial charge in [-0.1, -0.05) is 18.2 Å². The van der Waals surface area contributed by atoms with Gasteiger partial charge in [-0.05, 0) is 55.8 Å². The van der Waals surface area contributed by atoms with Gasteiger partial charge in [0.15, 0.2) is 0 Å². The largest absolute Gasteiger partial charge is 0.465 e. The molecule has 168 valence electrons. The smallest absolute Gasteiger partial charge is 0.343 e. The minimum absolute atomic E-state index is 0.0731. The van der Waals surface area contributed by atoms with Gasteiger partial charge in [-0.2, -0.15) is 0 Å². The number of carbonyl (C=O) groups excluding carboxylic acids is 3. The fourth-order valence-corrected chi connectivity index (χ4v) is 2.94. The Labute approximate surface area is 187 Å². The highest BCUT2D eigenvalue weighted by molar-refractivity contribution is 5.95. The van der Waals surface area contributed by atoms with E-state index in [2.05, 4.69) is 6.58 Å². The number of nitrogens with two attached hydrogens (primary N) is 1. The third-order valence-electron chi connectivity index (χ3n) is 4.68. The monoisotopic (exact) mass is 437 g/mol. The highest BCUT2D eigenvalue weighted by Crippen LogP contribution is 2.20. The van der Waals surface area contributed by atoms with Gasteiger partial charge in [0.05, 0.1) is 18.1 Å². The van der Waals surface area contributed by atoms with Gasteiger partial charge < -0.3 is 20.1 Å². The minimum atomic E-state index is -0.554. The van der Waals surface area contributed by atoms with E-state index in [1.807, 2.05) is 0 Å². The van der Waals surface area contributed by atoms with Crippen LogP contribution in [0.25, 0.3) is 0 Å². The molecule has 3 N–H and O–H groups in total. The van der Waals surface area contributed by atoms with Crippen molar-refractivity contribution < 1.29 is 23.9 Å². The van der Waals surface area contributed by atoms with Crippen LogP contribution in [0.1, 0.15) is 41.3 Å². The second-order valence-electron chi connectivity index (χ2n) is 6.98. The molecule has 0 bridgehead atoms. The van der Waals surface area contributed by atoms with Crippen molar-refractivity contribution in [3.8, 4) is 5.75 Å². The molecule has 0 spiro atoms. The summed E-state index contributed by atoms with van der Waals surface area (Å²) < 4.78 is 10.3. The second-order valence-corrected chi connectivity index (χ2v) is 6.98. The lowest BCUT2D eigenvalue weighted by Crippen LogP contribution is -2.39. The molecule has 8 heteroatoms. The Morgan fingerprint density at radius 1 is 1.09 bits per heavy atom. The fourth-order valence-electron chi connectivity index (χ4n) is 2.94. The number of nitrogens with zero attached hydrogens (tertiary/aromatic N) is 1. The van der Waals surface area contributed by atoms with Gasteiger partial charge in [0.25, 0.3) is 0 Å². The number of esters is 2. The van der Waals surface area contributed by atoms with Crippen molar-refractivity contribution in [2.75, 3.05) is 19.7 Å². The Balaban J connectivity index is 2.06. The Hall–Kier alpha value is -3.94. The lowest BCUT2D eigenvalue weighted by molar-refractivity contribution is -0.148. The predicted octanol–water partition coefficient (Wildman–Crippen LogP) is 2.87. The van der Waals surface area contributed by atoms with Gasteiger partial charge in [-0.3, -0.25) is 15.0 Å². The number of hydrogen-bond donors (Lipinski definition) is 2. The Bertz CT molecular complexity index is 984. The summed E-state index contributed by atoms with van der Waals surface area (Å²) in [4.78, 5) is 38.4. The first-order valence-corrected chi connectivity index (χ1v) is 10.1. The molecule has 2 rings (SSSR count). The van der Waals surface area contributed by atoms with E-state index in [9.17, 15) is 14.4 Å². The van der Waals surface area contributed by atoms with Crippen LogP contribution in [0, 0.1) is 5.41 Å². The summed E-state index contributed by atoms with van der Waals surface area (Å²) in [5, 5.41) is 7.38. The van der Waals surface area contributed by atoms with Crippen LogP contribution in [-0.4, -0.2) is 48.3 Å². The molecule has 1 unspecified atom stereocenters. The van der Waals surface area contributed by atoms with Gasteiger partial charge in [-0.15, -0.1) is 6.58 Å². The maximum atomic E-state index is 12.9. The van der Waals surface area contributed by atoms with Crippen LogP contribution >= 0.6 is 0 Å². The maximum Gasteiger partial charge on any atom is 0.343 e. The number of rotatable bonds is 10. The van der Waals surface area contributed by atoms with E-state index in [-0.39, 0.29) is 31.4 Å². The number of nitrogen functional groups attached to an aromatic ring is 1. The van der Waals surface area contributed by atoms with Gasteiger partial charge in [0, 0.05) is 12.1 Å². The van der Waals surface area contributed by atoms with Crippen molar-refractivity contribution >= 4 is 23.7 Å². The van der Waals surface area contributed by atoms with Crippen molar-refractivity contribution in [1.82, 2.24) is 4.90 Å². The molecular formula is C24H27N3O5. The molecular weight excluding hydrogens is 410 g/mol. The van der Waals surface area contributed by atoms with E-state index in [0.717, 1.165) is 0 Å². The zero-order chi connectivity index (χ0) is 23.7. The molecule has 0 aliphatic heterocycles. The summed E-state index contributed by atoms with van der Waals surface area (Å²) in [5.74, 6) is -1.57. The minimum Gasteiger partial charge on any atom is -0.465 e. The molecule has 1 amide bonds. The van der Waals surface area contributed by atoms with Gasteiger partial charge in [0.1, 0.15) is 18.1 Å². The molecule has 0 saturated heterocycles. The number of amides is 1. The van der Waals surface area contributed by atoms with E-state index >= 15 is 0 Å². The Morgan fingerprint density at radius 2 is 1.69 bits per heavy atom. The number of carbonyl (C=O) groups is 3. The zero-order valence-electron chi connectivity index (χ0n) is 18.2. The number of nitrogens with one attached hydrogen (secondary N) is 1. The van der Waals surface area contributed by atoms with Crippen molar-refractivity contribution in [3.63, 3.8) is 0 Å². The van der Waals surface area contributed by atoms with Crippen LogP contribution in [0.4, 0.5) is 0 Å². The van der Waals surface area contributed by atoms with Crippen molar-refractivity contribution in [3.05, 3.63) is 77.9 Å². The lowest BCUT2D eigenvalue weighted by atomic mass is 9.98. The molecule has 0 fully saturated rings. The summed E-state index contributed by atoms with van der Waals surface area (Å²) in [6.45, 7) is 7.36. The Morgan fingerprint density at radius 3 is 2.22 bits per heavy atom. The lowest BCUT2D eigenvalue weighted by Gasteiger charge is -2.24. The molecule has 8 nitrogen and oxygen atoms in total. The van der Waals surface area contributed by atoms with Gasteiger partial charge in [0.2, 0.25) is 5.91 Å².